The Kier molecular flexibility index (Phi) is 3.83. The van der Waals surface area contributed by atoms with Gasteiger partial charge in [-0.3, -0.25) is 9.59 Å². The zero-order valence-corrected chi connectivity index (χ0v) is 14.3. The van der Waals surface area contributed by atoms with Gasteiger partial charge in [0.25, 0.3) is 0 Å². The summed E-state index contributed by atoms with van der Waals surface area (Å²) >= 11 is 1.34. The van der Waals surface area contributed by atoms with Gasteiger partial charge in [0.15, 0.2) is 11.6 Å². The average molecular weight is 356 g/mol. The summed E-state index contributed by atoms with van der Waals surface area (Å²) in [5.74, 6) is -0.565. The number of nitrogen functional groups attached to an aromatic ring is 1. The summed E-state index contributed by atoms with van der Waals surface area (Å²) in [5.41, 5.74) is 7.44. The maximum absolute atomic E-state index is 13.1. The van der Waals surface area contributed by atoms with Crippen LogP contribution >= 0.6 is 11.8 Å². The number of ketones is 2. The second-order valence-electron chi connectivity index (χ2n) is 5.82. The topological polar surface area (TPSA) is 83.9 Å². The van der Waals surface area contributed by atoms with Crippen molar-refractivity contribution in [3.05, 3.63) is 88.5 Å². The van der Waals surface area contributed by atoms with E-state index in [2.05, 4.69) is 0 Å². The number of carbonyl (C=O) groups is 2. The number of hydrogen-bond donors (Lipinski definition) is 1. The van der Waals surface area contributed by atoms with Gasteiger partial charge < -0.3 is 5.73 Å². The number of nitrogens with two attached hydrogens (primary N) is 1. The van der Waals surface area contributed by atoms with Gasteiger partial charge in [0, 0.05) is 26.5 Å². The van der Waals surface area contributed by atoms with Gasteiger partial charge in [-0.05, 0) is 18.2 Å². The molecule has 0 saturated heterocycles. The quantitative estimate of drug-likeness (QED) is 0.547. The van der Waals surface area contributed by atoms with E-state index >= 15 is 0 Å². The number of fused-ring (bicyclic) bond motifs is 2. The van der Waals surface area contributed by atoms with E-state index in [4.69, 9.17) is 5.73 Å². The lowest BCUT2D eigenvalue weighted by Crippen LogP contribution is -2.23. The molecule has 0 bridgehead atoms. The predicted octanol–water partition coefficient (Wildman–Crippen LogP) is 4.07. The van der Waals surface area contributed by atoms with Crippen LogP contribution in [0.3, 0.4) is 0 Å². The van der Waals surface area contributed by atoms with Crippen LogP contribution in [-0.2, 0) is 0 Å². The first-order chi connectivity index (χ1) is 12.6. The lowest BCUT2D eigenvalue weighted by atomic mass is 9.82. The molecule has 0 radical (unpaired) electrons. The first-order valence-electron chi connectivity index (χ1n) is 7.89. The van der Waals surface area contributed by atoms with Gasteiger partial charge in [0.1, 0.15) is 6.07 Å². The highest BCUT2D eigenvalue weighted by atomic mass is 32.2. The van der Waals surface area contributed by atoms with Crippen molar-refractivity contribution in [2.75, 3.05) is 5.73 Å². The molecule has 0 aromatic heterocycles. The zero-order valence-electron chi connectivity index (χ0n) is 13.5. The van der Waals surface area contributed by atoms with Crippen molar-refractivity contribution in [1.29, 1.82) is 5.26 Å². The van der Waals surface area contributed by atoms with Gasteiger partial charge in [-0.25, -0.2) is 0 Å². The van der Waals surface area contributed by atoms with Crippen LogP contribution in [0.25, 0.3) is 0 Å². The van der Waals surface area contributed by atoms with Gasteiger partial charge in [0.05, 0.1) is 16.8 Å². The van der Waals surface area contributed by atoms with Gasteiger partial charge in [0.2, 0.25) is 0 Å². The first-order valence-corrected chi connectivity index (χ1v) is 8.71. The summed E-state index contributed by atoms with van der Waals surface area (Å²) in [6.07, 6.45) is 0. The van der Waals surface area contributed by atoms with E-state index in [1.54, 1.807) is 30.3 Å². The van der Waals surface area contributed by atoms with Gasteiger partial charge in [-0.15, -0.1) is 0 Å². The first kappa shape index (κ1) is 16.1. The van der Waals surface area contributed by atoms with Crippen molar-refractivity contribution in [1.82, 2.24) is 0 Å². The number of hydrogen-bond acceptors (Lipinski definition) is 5. The molecule has 1 aliphatic carbocycles. The number of nitriles is 1. The SMILES string of the molecule is N#Cc1cc(Sc2ccccc2)c2c(c1N)C(=O)c1ccccc1C2=O. The number of rotatable bonds is 2. The summed E-state index contributed by atoms with van der Waals surface area (Å²) in [7, 11) is 0. The van der Waals surface area contributed by atoms with E-state index in [1.807, 2.05) is 36.4 Å². The second kappa shape index (κ2) is 6.17. The molecule has 3 aromatic rings. The molecule has 124 valence electrons. The molecule has 5 heteroatoms. The zero-order chi connectivity index (χ0) is 18.3. The minimum absolute atomic E-state index is 0.0627. The molecule has 1 aliphatic rings. The number of benzene rings is 3. The maximum atomic E-state index is 13.1. The van der Waals surface area contributed by atoms with Gasteiger partial charge in [-0.2, -0.15) is 5.26 Å². The third-order valence-corrected chi connectivity index (χ3v) is 5.34. The third-order valence-electron chi connectivity index (χ3n) is 4.29. The summed E-state index contributed by atoms with van der Waals surface area (Å²) in [5, 5.41) is 9.42. The molecule has 0 aliphatic heterocycles. The molecule has 0 spiro atoms. The van der Waals surface area contributed by atoms with Crippen molar-refractivity contribution in [2.45, 2.75) is 9.79 Å². The van der Waals surface area contributed by atoms with Crippen molar-refractivity contribution in [3.63, 3.8) is 0 Å². The molecule has 0 heterocycles. The Morgan fingerprint density at radius 1 is 0.846 bits per heavy atom. The summed E-state index contributed by atoms with van der Waals surface area (Å²) < 4.78 is 0. The Bertz CT molecular complexity index is 1110. The minimum atomic E-state index is -0.320. The standard InChI is InChI=1S/C21H12N2O2S/c22-11-12-10-16(26-13-6-2-1-3-7-13)17-18(19(12)23)21(25)15-9-5-4-8-14(15)20(17)24/h1-10H,23H2. The van der Waals surface area contributed by atoms with E-state index in [-0.39, 0.29) is 33.9 Å². The minimum Gasteiger partial charge on any atom is -0.397 e. The molecule has 0 fully saturated rings. The van der Waals surface area contributed by atoms with Crippen LogP contribution in [-0.4, -0.2) is 11.6 Å². The Morgan fingerprint density at radius 3 is 2.04 bits per heavy atom. The number of carbonyl (C=O) groups excluding carboxylic acids is 2. The molecular weight excluding hydrogens is 344 g/mol. The highest BCUT2D eigenvalue weighted by molar-refractivity contribution is 7.99. The fraction of sp³-hybridized carbons (Fsp3) is 0. The molecule has 3 aromatic carbocycles. The van der Waals surface area contributed by atoms with Crippen molar-refractivity contribution in [3.8, 4) is 6.07 Å². The van der Waals surface area contributed by atoms with E-state index in [0.29, 0.717) is 16.0 Å². The fourth-order valence-corrected chi connectivity index (χ4v) is 4.09. The van der Waals surface area contributed by atoms with Gasteiger partial charge in [-0.1, -0.05) is 54.2 Å². The van der Waals surface area contributed by atoms with Crippen LogP contribution in [0.2, 0.25) is 0 Å². The van der Waals surface area contributed by atoms with E-state index < -0.39 is 0 Å². The van der Waals surface area contributed by atoms with Gasteiger partial charge >= 0.3 is 0 Å². The molecule has 0 atom stereocenters. The monoisotopic (exact) mass is 356 g/mol. The van der Waals surface area contributed by atoms with Crippen LogP contribution in [0.1, 0.15) is 37.4 Å². The largest absolute Gasteiger partial charge is 0.397 e. The smallest absolute Gasteiger partial charge is 0.196 e. The van der Waals surface area contributed by atoms with Crippen molar-refractivity contribution in [2.24, 2.45) is 0 Å². The Morgan fingerprint density at radius 2 is 1.42 bits per heavy atom. The highest BCUT2D eigenvalue weighted by Gasteiger charge is 2.34. The van der Waals surface area contributed by atoms with E-state index in [9.17, 15) is 14.9 Å². The maximum Gasteiger partial charge on any atom is 0.196 e. The molecule has 2 N–H and O–H groups in total. The van der Waals surface area contributed by atoms with Crippen LogP contribution in [0, 0.1) is 11.3 Å². The van der Waals surface area contributed by atoms with Crippen molar-refractivity contribution < 1.29 is 9.59 Å². The van der Waals surface area contributed by atoms with Crippen LogP contribution in [0.15, 0.2) is 70.5 Å². The fourth-order valence-electron chi connectivity index (χ4n) is 3.07. The number of nitrogens with zero attached hydrogens (tertiary/aromatic N) is 1. The normalized spacial score (nSPS) is 12.3. The van der Waals surface area contributed by atoms with E-state index in [1.165, 1.54) is 11.8 Å². The third kappa shape index (κ3) is 2.40. The lowest BCUT2D eigenvalue weighted by molar-refractivity contribution is 0.0977. The van der Waals surface area contributed by atoms with Crippen molar-refractivity contribution >= 4 is 29.0 Å². The summed E-state index contributed by atoms with van der Waals surface area (Å²) in [6, 6.07) is 19.8. The molecule has 26 heavy (non-hydrogen) atoms. The molecule has 4 rings (SSSR count). The number of anilines is 1. The Hall–Kier alpha value is -3.36. The Labute approximate surface area is 154 Å². The molecule has 0 unspecified atom stereocenters. The molecular formula is C21H12N2O2S. The Balaban J connectivity index is 1.99. The molecule has 4 nitrogen and oxygen atoms in total. The molecule has 0 saturated carbocycles. The average Bonchev–Trinajstić information content (AvgIpc) is 2.68. The van der Waals surface area contributed by atoms with Crippen LogP contribution in [0.5, 0.6) is 0 Å². The summed E-state index contributed by atoms with van der Waals surface area (Å²) in [6.45, 7) is 0. The molecule has 0 amide bonds. The lowest BCUT2D eigenvalue weighted by Gasteiger charge is -2.22. The predicted molar refractivity (Wildman–Crippen MR) is 99.4 cm³/mol. The second-order valence-corrected chi connectivity index (χ2v) is 6.93. The van der Waals surface area contributed by atoms with Crippen LogP contribution < -0.4 is 5.73 Å². The van der Waals surface area contributed by atoms with E-state index in [0.717, 1.165) is 4.90 Å². The summed E-state index contributed by atoms with van der Waals surface area (Å²) in [4.78, 5) is 27.6. The highest BCUT2D eigenvalue weighted by Crippen LogP contribution is 2.40. The van der Waals surface area contributed by atoms with Crippen LogP contribution in [0.4, 0.5) is 5.69 Å².